The molecule has 1 aliphatic rings. The number of halogens is 4. The first-order chi connectivity index (χ1) is 12.3. The van der Waals surface area contributed by atoms with Crippen LogP contribution < -0.4 is 10.9 Å². The molecule has 0 amide bonds. The van der Waals surface area contributed by atoms with Crippen LogP contribution in [0.4, 0.5) is 18.9 Å². The van der Waals surface area contributed by atoms with Crippen molar-refractivity contribution in [3.8, 4) is 5.82 Å². The van der Waals surface area contributed by atoms with Crippen LogP contribution in [-0.2, 0) is 6.18 Å². The fraction of sp³-hybridized carbons (Fsp3) is 0.471. The van der Waals surface area contributed by atoms with Gasteiger partial charge in [-0.1, -0.05) is 24.9 Å². The second-order valence-electron chi connectivity index (χ2n) is 6.60. The fourth-order valence-electron chi connectivity index (χ4n) is 2.90. The van der Waals surface area contributed by atoms with E-state index in [-0.39, 0.29) is 16.3 Å². The van der Waals surface area contributed by atoms with Crippen LogP contribution in [0.1, 0.15) is 38.2 Å². The maximum atomic E-state index is 12.6. The minimum Gasteiger partial charge on any atom is -0.382 e. The molecule has 9 heteroatoms. The summed E-state index contributed by atoms with van der Waals surface area (Å²) in [6.07, 6.45) is 2.05. The smallest absolute Gasteiger partial charge is 0.382 e. The zero-order valence-electron chi connectivity index (χ0n) is 14.1. The molecule has 5 nitrogen and oxygen atoms in total. The fourth-order valence-corrected chi connectivity index (χ4v) is 3.10. The Hall–Kier alpha value is -2.09. The Balaban J connectivity index is 1.80. The van der Waals surface area contributed by atoms with Crippen molar-refractivity contribution >= 4 is 17.3 Å². The number of anilines is 1. The predicted molar refractivity (Wildman–Crippen MR) is 92.7 cm³/mol. The van der Waals surface area contributed by atoms with E-state index in [1.807, 2.05) is 0 Å². The number of hydrogen-bond donors (Lipinski definition) is 1. The molecule has 2 heterocycles. The van der Waals surface area contributed by atoms with Crippen molar-refractivity contribution in [2.75, 3.05) is 11.9 Å². The molecule has 0 radical (unpaired) electrons. The van der Waals surface area contributed by atoms with Gasteiger partial charge < -0.3 is 5.32 Å². The highest BCUT2D eigenvalue weighted by Crippen LogP contribution is 2.49. The maximum absolute atomic E-state index is 12.6. The Kier molecular flexibility index (Phi) is 4.96. The number of nitrogens with zero attached hydrogens (tertiary/aromatic N) is 3. The summed E-state index contributed by atoms with van der Waals surface area (Å²) in [6, 6.07) is 1.93. The molecule has 2 aromatic heterocycles. The third-order valence-corrected chi connectivity index (χ3v) is 4.97. The van der Waals surface area contributed by atoms with E-state index in [0.717, 1.165) is 42.5 Å². The first kappa shape index (κ1) is 18.7. The van der Waals surface area contributed by atoms with Gasteiger partial charge in [-0.05, 0) is 36.8 Å². The van der Waals surface area contributed by atoms with Crippen molar-refractivity contribution in [3.05, 3.63) is 45.5 Å². The standard InChI is InChI=1S/C17H18ClF3N4O/c1-2-5-16(6-7-16)10-23-12-9-24-25(15(26)14(12)18)13-4-3-11(8-22-13)17(19,20)21/h3-4,8-9,23H,2,5-7,10H2,1H3. The van der Waals surface area contributed by atoms with Gasteiger partial charge in [0.25, 0.3) is 5.56 Å². The van der Waals surface area contributed by atoms with E-state index in [2.05, 4.69) is 22.3 Å². The quantitative estimate of drug-likeness (QED) is 0.804. The van der Waals surface area contributed by atoms with Crippen LogP contribution in [0.15, 0.2) is 29.3 Å². The van der Waals surface area contributed by atoms with Crippen molar-refractivity contribution in [1.29, 1.82) is 0 Å². The summed E-state index contributed by atoms with van der Waals surface area (Å²) in [4.78, 5) is 16.1. The molecule has 0 unspecified atom stereocenters. The average Bonchev–Trinajstić information content (AvgIpc) is 3.36. The molecule has 3 rings (SSSR count). The number of hydrogen-bond acceptors (Lipinski definition) is 4. The van der Waals surface area contributed by atoms with Gasteiger partial charge in [0.15, 0.2) is 5.82 Å². The number of aromatic nitrogens is 3. The van der Waals surface area contributed by atoms with E-state index in [1.165, 1.54) is 6.20 Å². The van der Waals surface area contributed by atoms with Crippen molar-refractivity contribution in [2.24, 2.45) is 5.41 Å². The molecule has 1 aliphatic carbocycles. The molecule has 0 spiro atoms. The lowest BCUT2D eigenvalue weighted by Crippen LogP contribution is -2.25. The molecule has 0 atom stereocenters. The minimum absolute atomic E-state index is 0.0268. The van der Waals surface area contributed by atoms with Gasteiger partial charge in [-0.25, -0.2) is 4.98 Å². The summed E-state index contributed by atoms with van der Waals surface area (Å²) in [5, 5.41) is 7.09. The third kappa shape index (κ3) is 3.85. The van der Waals surface area contributed by atoms with Gasteiger partial charge in [0.2, 0.25) is 0 Å². The molecular weight excluding hydrogens is 369 g/mol. The molecule has 1 fully saturated rings. The first-order valence-corrected chi connectivity index (χ1v) is 8.69. The predicted octanol–water partition coefficient (Wildman–Crippen LogP) is 4.29. The number of rotatable bonds is 6. The summed E-state index contributed by atoms with van der Waals surface area (Å²) in [5.41, 5.74) is -0.849. The second kappa shape index (κ2) is 6.90. The summed E-state index contributed by atoms with van der Waals surface area (Å²) >= 11 is 6.13. The highest BCUT2D eigenvalue weighted by Gasteiger charge is 2.41. The molecule has 0 aromatic carbocycles. The number of nitrogens with one attached hydrogen (secondary N) is 1. The Morgan fingerprint density at radius 1 is 1.31 bits per heavy atom. The van der Waals surface area contributed by atoms with Crippen LogP contribution in [0.2, 0.25) is 5.02 Å². The van der Waals surface area contributed by atoms with Crippen LogP contribution in [0.5, 0.6) is 0 Å². The summed E-state index contributed by atoms with van der Waals surface area (Å²) in [7, 11) is 0. The number of alkyl halides is 3. The Morgan fingerprint density at radius 2 is 2.04 bits per heavy atom. The lowest BCUT2D eigenvalue weighted by Gasteiger charge is -2.16. The SMILES string of the molecule is CCCC1(CNc2cnn(-c3ccc(C(F)(F)F)cn3)c(=O)c2Cl)CC1. The Morgan fingerprint density at radius 3 is 2.58 bits per heavy atom. The van der Waals surface area contributed by atoms with E-state index < -0.39 is 17.3 Å². The summed E-state index contributed by atoms with van der Waals surface area (Å²) in [5.74, 6) is -0.0268. The van der Waals surface area contributed by atoms with E-state index in [9.17, 15) is 18.0 Å². The van der Waals surface area contributed by atoms with Crippen LogP contribution >= 0.6 is 11.6 Å². The zero-order valence-corrected chi connectivity index (χ0v) is 14.9. The maximum Gasteiger partial charge on any atom is 0.417 e. The highest BCUT2D eigenvalue weighted by atomic mass is 35.5. The normalized spacial score (nSPS) is 15.7. The molecular formula is C17H18ClF3N4O. The van der Waals surface area contributed by atoms with E-state index in [0.29, 0.717) is 18.4 Å². The topological polar surface area (TPSA) is 59.8 Å². The molecule has 26 heavy (non-hydrogen) atoms. The minimum atomic E-state index is -4.49. The van der Waals surface area contributed by atoms with Crippen molar-refractivity contribution < 1.29 is 13.2 Å². The van der Waals surface area contributed by atoms with Gasteiger partial charge in [0.05, 0.1) is 17.4 Å². The van der Waals surface area contributed by atoms with Crippen molar-refractivity contribution in [1.82, 2.24) is 14.8 Å². The zero-order chi connectivity index (χ0) is 18.9. The van der Waals surface area contributed by atoms with Gasteiger partial charge in [-0.15, -0.1) is 0 Å². The largest absolute Gasteiger partial charge is 0.417 e. The van der Waals surface area contributed by atoms with Gasteiger partial charge in [-0.2, -0.15) is 23.0 Å². The van der Waals surface area contributed by atoms with Gasteiger partial charge in [0.1, 0.15) is 5.02 Å². The summed E-state index contributed by atoms with van der Waals surface area (Å²) < 4.78 is 38.7. The van der Waals surface area contributed by atoms with Crippen LogP contribution in [0.3, 0.4) is 0 Å². The molecule has 0 aliphatic heterocycles. The number of pyridine rings is 1. The lowest BCUT2D eigenvalue weighted by molar-refractivity contribution is -0.137. The monoisotopic (exact) mass is 386 g/mol. The van der Waals surface area contributed by atoms with Crippen LogP contribution in [-0.4, -0.2) is 21.3 Å². The molecule has 1 N–H and O–H groups in total. The van der Waals surface area contributed by atoms with Gasteiger partial charge in [0, 0.05) is 12.7 Å². The van der Waals surface area contributed by atoms with Crippen molar-refractivity contribution in [3.63, 3.8) is 0 Å². The van der Waals surface area contributed by atoms with Crippen LogP contribution in [0.25, 0.3) is 5.82 Å². The first-order valence-electron chi connectivity index (χ1n) is 8.31. The third-order valence-electron chi connectivity index (χ3n) is 4.60. The second-order valence-corrected chi connectivity index (χ2v) is 6.97. The van der Waals surface area contributed by atoms with Crippen molar-refractivity contribution in [2.45, 2.75) is 38.8 Å². The molecule has 140 valence electrons. The average molecular weight is 387 g/mol. The van der Waals surface area contributed by atoms with E-state index in [1.54, 1.807) is 0 Å². The Labute approximate surface area is 153 Å². The molecule has 0 saturated heterocycles. The van der Waals surface area contributed by atoms with Gasteiger partial charge >= 0.3 is 6.18 Å². The van der Waals surface area contributed by atoms with Crippen LogP contribution in [0, 0.1) is 5.41 Å². The molecule has 2 aromatic rings. The Bertz CT molecular complexity index is 845. The van der Waals surface area contributed by atoms with E-state index in [4.69, 9.17) is 11.6 Å². The molecule has 0 bridgehead atoms. The molecule has 1 saturated carbocycles. The van der Waals surface area contributed by atoms with Gasteiger partial charge in [-0.3, -0.25) is 4.79 Å². The summed E-state index contributed by atoms with van der Waals surface area (Å²) in [6.45, 7) is 2.84. The van der Waals surface area contributed by atoms with E-state index >= 15 is 0 Å². The lowest BCUT2D eigenvalue weighted by atomic mass is 10.0. The highest BCUT2D eigenvalue weighted by molar-refractivity contribution is 6.32.